The average molecular weight is 388 g/mol. The molecule has 0 spiro atoms. The van der Waals surface area contributed by atoms with Crippen LogP contribution in [0.3, 0.4) is 0 Å². The Bertz CT molecular complexity index is 930. The van der Waals surface area contributed by atoms with Crippen LogP contribution in [0.2, 0.25) is 5.15 Å². The van der Waals surface area contributed by atoms with Gasteiger partial charge in [0.05, 0.1) is 29.5 Å². The van der Waals surface area contributed by atoms with Crippen molar-refractivity contribution in [3.8, 4) is 5.75 Å². The van der Waals surface area contributed by atoms with Crippen molar-refractivity contribution in [2.45, 2.75) is 0 Å². The van der Waals surface area contributed by atoms with Crippen molar-refractivity contribution >= 4 is 45.9 Å². The molecule has 3 aromatic rings. The molecule has 0 aliphatic carbocycles. The largest absolute Gasteiger partial charge is 0.495 e. The van der Waals surface area contributed by atoms with Crippen molar-refractivity contribution in [3.05, 3.63) is 64.4 Å². The van der Waals surface area contributed by atoms with Gasteiger partial charge in [-0.05, 0) is 24.3 Å². The number of hydrogen-bond donors (Lipinski definition) is 2. The van der Waals surface area contributed by atoms with Gasteiger partial charge in [-0.15, -0.1) is 0 Å². The number of anilines is 2. The molecule has 2 aromatic heterocycles. The monoisotopic (exact) mass is 387 g/mol. The highest BCUT2D eigenvalue weighted by atomic mass is 35.5. The highest BCUT2D eigenvalue weighted by Gasteiger charge is 2.10. The molecule has 132 valence electrons. The summed E-state index contributed by atoms with van der Waals surface area (Å²) in [5.41, 5.74) is 3.61. The number of hydrazone groups is 1. The zero-order valence-corrected chi connectivity index (χ0v) is 15.2. The normalized spacial score (nSPS) is 10.7. The van der Waals surface area contributed by atoms with Gasteiger partial charge in [-0.3, -0.25) is 9.78 Å². The van der Waals surface area contributed by atoms with Crippen LogP contribution in [0.1, 0.15) is 15.2 Å². The Morgan fingerprint density at radius 3 is 2.92 bits per heavy atom. The van der Waals surface area contributed by atoms with Gasteiger partial charge in [0.25, 0.3) is 5.91 Å². The molecule has 26 heavy (non-hydrogen) atoms. The molecule has 2 heterocycles. The van der Waals surface area contributed by atoms with Crippen molar-refractivity contribution in [3.63, 3.8) is 0 Å². The molecule has 0 bridgehead atoms. The first kappa shape index (κ1) is 17.8. The number of aromatic nitrogens is 2. The molecule has 0 saturated heterocycles. The first-order chi connectivity index (χ1) is 12.7. The average Bonchev–Trinajstić information content (AvgIpc) is 3.02. The maximum atomic E-state index is 11.9. The third-order valence-corrected chi connectivity index (χ3v) is 4.54. The maximum absolute atomic E-state index is 11.9. The summed E-state index contributed by atoms with van der Waals surface area (Å²) in [4.78, 5) is 20.6. The number of methoxy groups -OCH3 is 1. The van der Waals surface area contributed by atoms with Gasteiger partial charge in [-0.25, -0.2) is 10.4 Å². The number of pyridine rings is 1. The fraction of sp³-hybridized carbons (Fsp3) is 0.0588. The lowest BCUT2D eigenvalue weighted by Gasteiger charge is -2.07. The summed E-state index contributed by atoms with van der Waals surface area (Å²) in [7, 11) is 1.60. The Kier molecular flexibility index (Phi) is 5.77. The molecular formula is C17H14ClN5O2S. The van der Waals surface area contributed by atoms with Gasteiger partial charge >= 0.3 is 0 Å². The number of hydrogen-bond acceptors (Lipinski definition) is 7. The van der Waals surface area contributed by atoms with E-state index in [1.165, 1.54) is 23.7 Å². The lowest BCUT2D eigenvalue weighted by molar-refractivity contribution is 0.0955. The Balaban J connectivity index is 1.67. The molecule has 0 aliphatic heterocycles. The number of nitrogens with zero attached hydrogens (tertiary/aromatic N) is 3. The molecule has 3 rings (SSSR count). The van der Waals surface area contributed by atoms with Crippen LogP contribution in [0.15, 0.2) is 53.9 Å². The third-order valence-electron chi connectivity index (χ3n) is 3.23. The smallest absolute Gasteiger partial charge is 0.272 e. The Morgan fingerprint density at radius 2 is 2.15 bits per heavy atom. The Labute approximate surface area is 158 Å². The fourth-order valence-electron chi connectivity index (χ4n) is 2.02. The molecule has 0 aliphatic rings. The van der Waals surface area contributed by atoms with E-state index in [9.17, 15) is 4.79 Å². The lowest BCUT2D eigenvalue weighted by atomic mass is 10.3. The highest BCUT2D eigenvalue weighted by molar-refractivity contribution is 7.17. The number of carbonyl (C=O) groups is 1. The lowest BCUT2D eigenvalue weighted by Crippen LogP contribution is -2.17. The number of ether oxygens (including phenoxy) is 1. The fourth-order valence-corrected chi connectivity index (χ4v) is 3.06. The van der Waals surface area contributed by atoms with Gasteiger partial charge in [0.1, 0.15) is 5.75 Å². The zero-order chi connectivity index (χ0) is 18.4. The van der Waals surface area contributed by atoms with Gasteiger partial charge in [0.15, 0.2) is 10.3 Å². The number of benzene rings is 1. The number of rotatable bonds is 6. The van der Waals surface area contributed by atoms with Crippen molar-refractivity contribution in [2.75, 3.05) is 12.4 Å². The first-order valence-corrected chi connectivity index (χ1v) is 8.66. The number of nitrogens with one attached hydrogen (secondary N) is 2. The summed E-state index contributed by atoms with van der Waals surface area (Å²) in [6, 6.07) is 10.8. The minimum Gasteiger partial charge on any atom is -0.495 e. The van der Waals surface area contributed by atoms with E-state index in [-0.39, 0.29) is 11.1 Å². The standard InChI is InChI=1S/C17H14ClN5O2S/c1-25-13-7-3-2-6-12(13)21-17-22-15(18)14(26-17)10-20-23-16(24)11-5-4-8-19-9-11/h2-10H,1H3,(H,21,22)(H,23,24)/b20-10+. The van der Waals surface area contributed by atoms with Crippen molar-refractivity contribution in [2.24, 2.45) is 5.10 Å². The molecule has 1 aromatic carbocycles. The Morgan fingerprint density at radius 1 is 1.31 bits per heavy atom. The van der Waals surface area contributed by atoms with E-state index in [1.807, 2.05) is 24.3 Å². The third kappa shape index (κ3) is 4.35. The SMILES string of the molecule is COc1ccccc1Nc1nc(Cl)c(/C=N/NC(=O)c2cccnc2)s1. The Hall–Kier alpha value is -2.97. The van der Waals surface area contributed by atoms with Crippen LogP contribution in [-0.4, -0.2) is 29.2 Å². The molecule has 0 saturated carbocycles. The molecule has 0 radical (unpaired) electrons. The minimum absolute atomic E-state index is 0.284. The van der Waals surface area contributed by atoms with E-state index in [0.29, 0.717) is 21.3 Å². The summed E-state index contributed by atoms with van der Waals surface area (Å²) >= 11 is 7.43. The van der Waals surface area contributed by atoms with E-state index >= 15 is 0 Å². The second kappa shape index (κ2) is 8.41. The predicted octanol–water partition coefficient (Wildman–Crippen LogP) is 3.71. The van der Waals surface area contributed by atoms with Crippen LogP contribution < -0.4 is 15.5 Å². The quantitative estimate of drug-likeness (QED) is 0.497. The van der Waals surface area contributed by atoms with E-state index in [2.05, 4.69) is 25.8 Å². The molecule has 0 fully saturated rings. The second-order valence-corrected chi connectivity index (χ2v) is 6.33. The predicted molar refractivity (Wildman–Crippen MR) is 103 cm³/mol. The molecule has 7 nitrogen and oxygen atoms in total. The number of para-hydroxylation sites is 2. The number of thiazole rings is 1. The summed E-state index contributed by atoms with van der Waals surface area (Å²) in [5, 5.41) is 7.93. The highest BCUT2D eigenvalue weighted by Crippen LogP contribution is 2.31. The molecule has 1 amide bonds. The van der Waals surface area contributed by atoms with E-state index < -0.39 is 0 Å². The van der Waals surface area contributed by atoms with Crippen molar-refractivity contribution in [1.29, 1.82) is 0 Å². The van der Waals surface area contributed by atoms with Gasteiger partial charge in [-0.2, -0.15) is 5.10 Å². The van der Waals surface area contributed by atoms with E-state index in [1.54, 1.807) is 25.4 Å². The van der Waals surface area contributed by atoms with Gasteiger partial charge in [0, 0.05) is 12.4 Å². The number of halogens is 1. The zero-order valence-electron chi connectivity index (χ0n) is 13.6. The summed E-state index contributed by atoms with van der Waals surface area (Å²) < 4.78 is 5.29. The summed E-state index contributed by atoms with van der Waals surface area (Å²) in [6.07, 6.45) is 4.49. The minimum atomic E-state index is -0.359. The molecular weight excluding hydrogens is 374 g/mol. The second-order valence-electron chi connectivity index (χ2n) is 4.94. The van der Waals surface area contributed by atoms with Crippen LogP contribution in [-0.2, 0) is 0 Å². The first-order valence-electron chi connectivity index (χ1n) is 7.47. The van der Waals surface area contributed by atoms with Gasteiger partial charge in [0.2, 0.25) is 0 Å². The number of carbonyl (C=O) groups excluding carboxylic acids is 1. The summed E-state index contributed by atoms with van der Waals surface area (Å²) in [6.45, 7) is 0. The molecule has 0 unspecified atom stereocenters. The van der Waals surface area contributed by atoms with E-state index in [0.717, 1.165) is 5.69 Å². The molecule has 9 heteroatoms. The van der Waals surface area contributed by atoms with Crippen molar-refractivity contribution in [1.82, 2.24) is 15.4 Å². The van der Waals surface area contributed by atoms with Gasteiger partial charge in [-0.1, -0.05) is 35.1 Å². The van der Waals surface area contributed by atoms with Crippen LogP contribution in [0.5, 0.6) is 5.75 Å². The maximum Gasteiger partial charge on any atom is 0.272 e. The topological polar surface area (TPSA) is 88.5 Å². The molecule has 0 atom stereocenters. The number of amides is 1. The van der Waals surface area contributed by atoms with Crippen LogP contribution in [0, 0.1) is 0 Å². The van der Waals surface area contributed by atoms with Crippen molar-refractivity contribution < 1.29 is 9.53 Å². The van der Waals surface area contributed by atoms with Crippen LogP contribution in [0.25, 0.3) is 0 Å². The van der Waals surface area contributed by atoms with Gasteiger partial charge < -0.3 is 10.1 Å². The van der Waals surface area contributed by atoms with E-state index in [4.69, 9.17) is 16.3 Å². The van der Waals surface area contributed by atoms with Crippen LogP contribution in [0.4, 0.5) is 10.8 Å². The summed E-state index contributed by atoms with van der Waals surface area (Å²) in [5.74, 6) is 0.333. The van der Waals surface area contributed by atoms with Crippen LogP contribution >= 0.6 is 22.9 Å². The molecule has 2 N–H and O–H groups in total.